The number of benzene rings is 2. The van der Waals surface area contributed by atoms with Gasteiger partial charge in [-0.25, -0.2) is 0 Å². The van der Waals surface area contributed by atoms with Gasteiger partial charge in [0.25, 0.3) is 0 Å². The fourth-order valence-electron chi connectivity index (χ4n) is 2.38. The van der Waals surface area contributed by atoms with Crippen LogP contribution in [0.2, 0.25) is 10.0 Å². The number of hydrogen-bond acceptors (Lipinski definition) is 4. The van der Waals surface area contributed by atoms with E-state index in [1.165, 1.54) is 18.6 Å². The Bertz CT molecular complexity index is 946. The van der Waals surface area contributed by atoms with E-state index in [0.29, 0.717) is 32.3 Å². The highest BCUT2D eigenvalue weighted by atomic mass is 35.5. The van der Waals surface area contributed by atoms with Gasteiger partial charge in [-0.1, -0.05) is 36.2 Å². The van der Waals surface area contributed by atoms with Crippen LogP contribution in [0.25, 0.3) is 22.3 Å². The fraction of sp³-hybridized carbons (Fsp3) is 0.111. The molecule has 0 amide bonds. The summed E-state index contributed by atoms with van der Waals surface area (Å²) in [5.74, 6) is -0.140. The molecular weight excluding hydrogens is 351 g/mol. The van der Waals surface area contributed by atoms with Gasteiger partial charge in [0.05, 0.1) is 16.8 Å². The van der Waals surface area contributed by atoms with Crippen molar-refractivity contribution >= 4 is 29.2 Å². The first-order valence-corrected chi connectivity index (χ1v) is 7.96. The first-order chi connectivity index (χ1) is 11.5. The van der Waals surface area contributed by atoms with Crippen molar-refractivity contribution < 1.29 is 13.9 Å². The maximum Gasteiger partial charge on any atom is 0.310 e. The zero-order chi connectivity index (χ0) is 17.3. The van der Waals surface area contributed by atoms with E-state index in [1.807, 2.05) is 0 Å². The van der Waals surface area contributed by atoms with Crippen molar-refractivity contribution in [2.45, 2.75) is 13.3 Å². The van der Waals surface area contributed by atoms with Crippen molar-refractivity contribution in [1.29, 1.82) is 0 Å². The van der Waals surface area contributed by atoms with Gasteiger partial charge >= 0.3 is 5.97 Å². The van der Waals surface area contributed by atoms with E-state index in [9.17, 15) is 9.59 Å². The Morgan fingerprint density at radius 3 is 2.58 bits per heavy atom. The third kappa shape index (κ3) is 3.03. The Morgan fingerprint density at radius 2 is 1.88 bits per heavy atom. The lowest BCUT2D eigenvalue weighted by Gasteiger charge is -2.16. The summed E-state index contributed by atoms with van der Waals surface area (Å²) >= 11 is 12.2. The highest BCUT2D eigenvalue weighted by molar-refractivity contribution is 6.36. The molecule has 3 rings (SSSR count). The molecule has 1 aromatic rings. The summed E-state index contributed by atoms with van der Waals surface area (Å²) in [5.41, 5.74) is 1.54. The van der Waals surface area contributed by atoms with Crippen molar-refractivity contribution in [3.05, 3.63) is 63.1 Å². The second-order valence-corrected chi connectivity index (χ2v) is 5.93. The van der Waals surface area contributed by atoms with Gasteiger partial charge in [-0.05, 0) is 24.3 Å². The van der Waals surface area contributed by atoms with Crippen molar-refractivity contribution in [2.24, 2.45) is 0 Å². The molecule has 0 aromatic heterocycles. The van der Waals surface area contributed by atoms with Crippen molar-refractivity contribution in [1.82, 2.24) is 0 Å². The van der Waals surface area contributed by atoms with Crippen LogP contribution in [0.15, 0.2) is 52.1 Å². The standard InChI is InChI=1S/C18H12Cl2O4/c1-2-17(22)24-18-12-5-6-23-9-14(12)16(21)8-13(18)11-4-3-10(19)7-15(11)20/h3-9H,2H2,1H3. The largest absolute Gasteiger partial charge is 0.472 e. The maximum absolute atomic E-state index is 12.4. The van der Waals surface area contributed by atoms with Crippen LogP contribution >= 0.6 is 23.2 Å². The molecule has 6 heteroatoms. The molecule has 0 N–H and O–H groups in total. The number of ether oxygens (including phenoxy) is 1. The third-order valence-corrected chi connectivity index (χ3v) is 4.09. The summed E-state index contributed by atoms with van der Waals surface area (Å²) in [4.78, 5) is 24.2. The molecule has 0 fully saturated rings. The highest BCUT2D eigenvalue weighted by Crippen LogP contribution is 2.41. The first kappa shape index (κ1) is 16.6. The van der Waals surface area contributed by atoms with Crippen LogP contribution in [0.3, 0.4) is 0 Å². The predicted molar refractivity (Wildman–Crippen MR) is 93.0 cm³/mol. The summed E-state index contributed by atoms with van der Waals surface area (Å²) in [5, 5.41) is 0.827. The monoisotopic (exact) mass is 362 g/mol. The minimum atomic E-state index is -0.415. The molecule has 1 aliphatic carbocycles. The summed E-state index contributed by atoms with van der Waals surface area (Å²) in [6.45, 7) is 1.69. The molecule has 2 aliphatic rings. The number of rotatable bonds is 3. The highest BCUT2D eigenvalue weighted by Gasteiger charge is 2.22. The molecule has 0 unspecified atom stereocenters. The lowest BCUT2D eigenvalue weighted by Crippen LogP contribution is -2.12. The zero-order valence-electron chi connectivity index (χ0n) is 12.6. The van der Waals surface area contributed by atoms with E-state index in [1.54, 1.807) is 31.2 Å². The number of fused-ring (bicyclic) bond motifs is 1. The normalized spacial score (nSPS) is 10.8. The molecular formula is C18H12Cl2O4. The van der Waals surface area contributed by atoms with Gasteiger partial charge in [0, 0.05) is 28.1 Å². The van der Waals surface area contributed by atoms with Crippen LogP contribution in [0, 0.1) is 0 Å². The summed E-state index contributed by atoms with van der Waals surface area (Å²) in [6.07, 6.45) is 2.94. The minimum absolute atomic E-state index is 0.200. The summed E-state index contributed by atoms with van der Waals surface area (Å²) in [7, 11) is 0. The average molecular weight is 363 g/mol. The number of hydrogen-bond donors (Lipinski definition) is 0. The molecule has 0 saturated carbocycles. The van der Waals surface area contributed by atoms with E-state index >= 15 is 0 Å². The van der Waals surface area contributed by atoms with Crippen LogP contribution in [0.1, 0.15) is 13.3 Å². The van der Waals surface area contributed by atoms with Crippen LogP contribution in [-0.2, 0) is 4.79 Å². The first-order valence-electron chi connectivity index (χ1n) is 7.20. The molecule has 0 spiro atoms. The van der Waals surface area contributed by atoms with Crippen molar-refractivity contribution in [3.8, 4) is 28.0 Å². The zero-order valence-corrected chi connectivity index (χ0v) is 14.1. The van der Waals surface area contributed by atoms with Gasteiger partial charge in [0.2, 0.25) is 0 Å². The lowest BCUT2D eigenvalue weighted by atomic mass is 9.96. The molecule has 1 aliphatic heterocycles. The Kier molecular flexibility index (Phi) is 4.60. The van der Waals surface area contributed by atoms with E-state index in [4.69, 9.17) is 32.4 Å². The van der Waals surface area contributed by atoms with Crippen LogP contribution in [0.4, 0.5) is 0 Å². The van der Waals surface area contributed by atoms with E-state index in [-0.39, 0.29) is 17.6 Å². The molecule has 1 heterocycles. The van der Waals surface area contributed by atoms with Gasteiger partial charge in [0.15, 0.2) is 5.43 Å². The van der Waals surface area contributed by atoms with E-state index < -0.39 is 5.97 Å². The van der Waals surface area contributed by atoms with E-state index in [0.717, 1.165) is 0 Å². The molecule has 4 nitrogen and oxygen atoms in total. The Balaban J connectivity index is 2.33. The van der Waals surface area contributed by atoms with Crippen molar-refractivity contribution in [2.75, 3.05) is 0 Å². The predicted octanol–water partition coefficient (Wildman–Crippen LogP) is 5.03. The molecule has 0 saturated heterocycles. The third-order valence-electron chi connectivity index (χ3n) is 3.55. The smallest absolute Gasteiger partial charge is 0.310 e. The van der Waals surface area contributed by atoms with Gasteiger partial charge in [-0.2, -0.15) is 0 Å². The number of esters is 1. The number of carbonyl (C=O) groups is 1. The Labute approximate surface area is 147 Å². The second-order valence-electron chi connectivity index (χ2n) is 5.09. The van der Waals surface area contributed by atoms with Gasteiger partial charge in [-0.15, -0.1) is 0 Å². The lowest BCUT2D eigenvalue weighted by molar-refractivity contribution is -0.133. The maximum atomic E-state index is 12.4. The number of halogens is 2. The second kappa shape index (κ2) is 6.67. The number of carbonyl (C=O) groups excluding carboxylic acids is 1. The average Bonchev–Trinajstić information content (AvgIpc) is 2.57. The molecule has 1 aromatic carbocycles. The molecule has 0 atom stereocenters. The Morgan fingerprint density at radius 1 is 1.08 bits per heavy atom. The SMILES string of the molecule is CCC(=O)Oc1c(-c2ccc(Cl)cc2Cl)cc(=O)c2coccc1-2. The van der Waals surface area contributed by atoms with Crippen LogP contribution < -0.4 is 10.2 Å². The molecule has 24 heavy (non-hydrogen) atoms. The molecule has 0 bridgehead atoms. The molecule has 122 valence electrons. The topological polar surface area (TPSA) is 56.5 Å². The summed E-state index contributed by atoms with van der Waals surface area (Å²) < 4.78 is 10.6. The van der Waals surface area contributed by atoms with Gasteiger partial charge < -0.3 is 9.15 Å². The molecule has 0 radical (unpaired) electrons. The van der Waals surface area contributed by atoms with Crippen molar-refractivity contribution in [3.63, 3.8) is 0 Å². The fourth-order valence-corrected chi connectivity index (χ4v) is 2.89. The Hall–Kier alpha value is -2.30. The summed E-state index contributed by atoms with van der Waals surface area (Å²) in [6, 6.07) is 7.87. The van der Waals surface area contributed by atoms with Gasteiger partial charge in [-0.3, -0.25) is 9.59 Å². The van der Waals surface area contributed by atoms with Crippen LogP contribution in [-0.4, -0.2) is 5.97 Å². The van der Waals surface area contributed by atoms with Crippen LogP contribution in [0.5, 0.6) is 5.75 Å². The minimum Gasteiger partial charge on any atom is -0.472 e. The quantitative estimate of drug-likeness (QED) is 0.484. The van der Waals surface area contributed by atoms with Gasteiger partial charge in [0.1, 0.15) is 12.0 Å². The van der Waals surface area contributed by atoms with E-state index in [2.05, 4.69) is 0 Å².